The van der Waals surface area contributed by atoms with Gasteiger partial charge in [-0.15, -0.1) is 0 Å². The normalized spacial score (nSPS) is 20.1. The fourth-order valence-corrected chi connectivity index (χ4v) is 3.33. The first kappa shape index (κ1) is 13.3. The fraction of sp³-hybridized carbons (Fsp3) is 0.615. The summed E-state index contributed by atoms with van der Waals surface area (Å²) in [7, 11) is 0. The largest absolute Gasteiger partial charge is 0.397 e. The standard InChI is InChI=1S/C13H21N3OS/c1-3-4-15-8-11(14)7-12(15)13(17)16-5-6-18-9-10(16)2/h7-8,10H,3-6,9,14H2,1-2H3. The fourth-order valence-electron chi connectivity index (χ4n) is 2.31. The Labute approximate surface area is 113 Å². The van der Waals surface area contributed by atoms with Gasteiger partial charge in [0.1, 0.15) is 5.69 Å². The summed E-state index contributed by atoms with van der Waals surface area (Å²) in [4.78, 5) is 14.5. The van der Waals surface area contributed by atoms with Gasteiger partial charge in [0, 0.05) is 36.8 Å². The van der Waals surface area contributed by atoms with Crippen molar-refractivity contribution >= 4 is 23.4 Å². The number of nitrogens with two attached hydrogens (primary N) is 1. The number of amides is 1. The molecule has 1 amide bonds. The lowest BCUT2D eigenvalue weighted by Gasteiger charge is -2.33. The van der Waals surface area contributed by atoms with E-state index in [1.807, 2.05) is 27.4 Å². The Morgan fingerprint density at radius 3 is 3.06 bits per heavy atom. The van der Waals surface area contributed by atoms with Crippen LogP contribution in [0.4, 0.5) is 5.69 Å². The number of thioether (sulfide) groups is 1. The van der Waals surface area contributed by atoms with Crippen molar-refractivity contribution in [1.29, 1.82) is 0 Å². The topological polar surface area (TPSA) is 51.3 Å². The number of aryl methyl sites for hydroxylation is 1. The molecule has 5 heteroatoms. The van der Waals surface area contributed by atoms with Crippen LogP contribution in [-0.4, -0.2) is 39.5 Å². The highest BCUT2D eigenvalue weighted by Crippen LogP contribution is 2.20. The Morgan fingerprint density at radius 2 is 2.39 bits per heavy atom. The van der Waals surface area contributed by atoms with E-state index >= 15 is 0 Å². The number of hydrogen-bond acceptors (Lipinski definition) is 3. The first-order valence-corrected chi connectivity index (χ1v) is 7.63. The summed E-state index contributed by atoms with van der Waals surface area (Å²) >= 11 is 1.91. The van der Waals surface area contributed by atoms with Crippen molar-refractivity contribution in [2.75, 3.05) is 23.8 Å². The van der Waals surface area contributed by atoms with Crippen molar-refractivity contribution in [3.05, 3.63) is 18.0 Å². The molecule has 1 aromatic rings. The molecule has 1 atom stereocenters. The smallest absolute Gasteiger partial charge is 0.270 e. The van der Waals surface area contributed by atoms with Gasteiger partial charge in [-0.1, -0.05) is 6.92 Å². The van der Waals surface area contributed by atoms with E-state index < -0.39 is 0 Å². The van der Waals surface area contributed by atoms with Gasteiger partial charge in [-0.2, -0.15) is 11.8 Å². The molecule has 2 N–H and O–H groups in total. The molecule has 100 valence electrons. The Morgan fingerprint density at radius 1 is 1.61 bits per heavy atom. The first-order chi connectivity index (χ1) is 8.63. The quantitative estimate of drug-likeness (QED) is 0.912. The molecule has 18 heavy (non-hydrogen) atoms. The van der Waals surface area contributed by atoms with Crippen LogP contribution < -0.4 is 5.73 Å². The molecule has 1 aromatic heterocycles. The summed E-state index contributed by atoms with van der Waals surface area (Å²) in [5, 5.41) is 0. The van der Waals surface area contributed by atoms with Gasteiger partial charge < -0.3 is 15.2 Å². The summed E-state index contributed by atoms with van der Waals surface area (Å²) in [5.74, 6) is 2.17. The second-order valence-corrected chi connectivity index (χ2v) is 5.92. The lowest BCUT2D eigenvalue weighted by molar-refractivity contribution is 0.0705. The number of carbonyl (C=O) groups is 1. The van der Waals surface area contributed by atoms with Crippen molar-refractivity contribution in [3.63, 3.8) is 0 Å². The minimum atomic E-state index is 0.118. The van der Waals surface area contributed by atoms with Gasteiger partial charge in [0.25, 0.3) is 5.91 Å². The van der Waals surface area contributed by atoms with Crippen LogP contribution in [-0.2, 0) is 6.54 Å². The molecular weight excluding hydrogens is 246 g/mol. The molecular formula is C13H21N3OS. The van der Waals surface area contributed by atoms with Crippen LogP contribution in [0, 0.1) is 0 Å². The van der Waals surface area contributed by atoms with Gasteiger partial charge in [0.2, 0.25) is 0 Å². The van der Waals surface area contributed by atoms with Gasteiger partial charge in [-0.25, -0.2) is 0 Å². The molecule has 1 aliphatic heterocycles. The average molecular weight is 267 g/mol. The number of anilines is 1. The summed E-state index contributed by atoms with van der Waals surface area (Å²) in [5.41, 5.74) is 7.22. The summed E-state index contributed by atoms with van der Waals surface area (Å²) in [6, 6.07) is 2.11. The highest BCUT2D eigenvalue weighted by molar-refractivity contribution is 7.99. The predicted molar refractivity (Wildman–Crippen MR) is 77.0 cm³/mol. The SMILES string of the molecule is CCCn1cc(N)cc1C(=O)N1CCSCC1C. The van der Waals surface area contributed by atoms with Crippen molar-refractivity contribution in [1.82, 2.24) is 9.47 Å². The average Bonchev–Trinajstić information content (AvgIpc) is 2.71. The molecule has 1 fully saturated rings. The minimum absolute atomic E-state index is 0.118. The summed E-state index contributed by atoms with van der Waals surface area (Å²) in [6.07, 6.45) is 2.86. The Balaban J connectivity index is 2.21. The van der Waals surface area contributed by atoms with Gasteiger partial charge in [0.15, 0.2) is 0 Å². The zero-order valence-corrected chi connectivity index (χ0v) is 11.9. The maximum absolute atomic E-state index is 12.6. The van der Waals surface area contributed by atoms with Crippen LogP contribution in [0.1, 0.15) is 30.8 Å². The van der Waals surface area contributed by atoms with Crippen LogP contribution >= 0.6 is 11.8 Å². The molecule has 2 rings (SSSR count). The number of nitrogens with zero attached hydrogens (tertiary/aromatic N) is 2. The van der Waals surface area contributed by atoms with Gasteiger partial charge in [0.05, 0.1) is 5.69 Å². The van der Waals surface area contributed by atoms with E-state index in [0.717, 1.165) is 36.7 Å². The molecule has 0 aliphatic carbocycles. The molecule has 0 bridgehead atoms. The zero-order valence-electron chi connectivity index (χ0n) is 11.1. The van der Waals surface area contributed by atoms with E-state index in [2.05, 4.69) is 13.8 Å². The van der Waals surface area contributed by atoms with Crippen molar-refractivity contribution in [3.8, 4) is 0 Å². The highest BCUT2D eigenvalue weighted by atomic mass is 32.2. The van der Waals surface area contributed by atoms with Crippen LogP contribution in [0.2, 0.25) is 0 Å². The first-order valence-electron chi connectivity index (χ1n) is 6.47. The Kier molecular flexibility index (Phi) is 4.22. The summed E-state index contributed by atoms with van der Waals surface area (Å²) < 4.78 is 1.98. The van der Waals surface area contributed by atoms with Crippen LogP contribution in [0.15, 0.2) is 12.3 Å². The molecule has 0 radical (unpaired) electrons. The monoisotopic (exact) mass is 267 g/mol. The van der Waals surface area contributed by atoms with Crippen molar-refractivity contribution in [2.45, 2.75) is 32.9 Å². The second-order valence-electron chi connectivity index (χ2n) is 4.77. The maximum Gasteiger partial charge on any atom is 0.270 e. The summed E-state index contributed by atoms with van der Waals surface area (Å²) in [6.45, 7) is 5.89. The van der Waals surface area contributed by atoms with Crippen LogP contribution in [0.5, 0.6) is 0 Å². The second kappa shape index (κ2) is 5.69. The zero-order chi connectivity index (χ0) is 13.1. The van der Waals surface area contributed by atoms with Gasteiger partial charge >= 0.3 is 0 Å². The molecule has 0 spiro atoms. The molecule has 2 heterocycles. The maximum atomic E-state index is 12.6. The van der Waals surface area contributed by atoms with E-state index in [1.165, 1.54) is 0 Å². The number of nitrogen functional groups attached to an aromatic ring is 1. The van der Waals surface area contributed by atoms with Crippen molar-refractivity contribution < 1.29 is 4.79 Å². The molecule has 4 nitrogen and oxygen atoms in total. The number of aromatic nitrogens is 1. The van der Waals surface area contributed by atoms with Crippen LogP contribution in [0.25, 0.3) is 0 Å². The van der Waals surface area contributed by atoms with Crippen molar-refractivity contribution in [2.24, 2.45) is 0 Å². The number of hydrogen-bond donors (Lipinski definition) is 1. The third-order valence-corrected chi connectivity index (χ3v) is 4.42. The molecule has 1 unspecified atom stereocenters. The van der Waals surface area contributed by atoms with E-state index in [1.54, 1.807) is 6.07 Å². The number of rotatable bonds is 3. The van der Waals surface area contributed by atoms with E-state index in [-0.39, 0.29) is 5.91 Å². The third-order valence-electron chi connectivity index (χ3n) is 3.23. The lowest BCUT2D eigenvalue weighted by Crippen LogP contribution is -2.45. The molecule has 0 saturated carbocycles. The van der Waals surface area contributed by atoms with Gasteiger partial charge in [-0.05, 0) is 19.4 Å². The number of carbonyl (C=O) groups excluding carboxylic acids is 1. The van der Waals surface area contributed by atoms with Gasteiger partial charge in [-0.3, -0.25) is 4.79 Å². The third kappa shape index (κ3) is 2.66. The molecule has 0 aromatic carbocycles. The minimum Gasteiger partial charge on any atom is -0.397 e. The van der Waals surface area contributed by atoms with E-state index in [0.29, 0.717) is 11.7 Å². The highest BCUT2D eigenvalue weighted by Gasteiger charge is 2.26. The van der Waals surface area contributed by atoms with E-state index in [9.17, 15) is 4.79 Å². The Bertz CT molecular complexity index is 430. The van der Waals surface area contributed by atoms with Crippen LogP contribution in [0.3, 0.4) is 0 Å². The predicted octanol–water partition coefficient (Wildman–Crippen LogP) is 2.06. The van der Waals surface area contributed by atoms with E-state index in [4.69, 9.17) is 5.73 Å². The molecule has 1 aliphatic rings. The molecule has 1 saturated heterocycles. The Hall–Kier alpha value is -1.10. The lowest BCUT2D eigenvalue weighted by atomic mass is 10.2.